The van der Waals surface area contributed by atoms with E-state index in [0.717, 1.165) is 0 Å². The highest BCUT2D eigenvalue weighted by Gasteiger charge is 2.30. The van der Waals surface area contributed by atoms with Crippen LogP contribution in [0.25, 0.3) is 11.2 Å². The maximum absolute atomic E-state index is 9.82. The summed E-state index contributed by atoms with van der Waals surface area (Å²) in [5.41, 5.74) is 6.71. The molecule has 0 radical (unpaired) electrons. The molecular weight excluding hydrogens is 222 g/mol. The molecule has 0 aliphatic heterocycles. The summed E-state index contributed by atoms with van der Waals surface area (Å²) in [7, 11) is 0. The lowest BCUT2D eigenvalue weighted by Gasteiger charge is -2.18. The first-order chi connectivity index (χ1) is 8.18. The first-order valence-electron chi connectivity index (χ1n) is 5.16. The molecule has 1 aliphatic rings. The van der Waals surface area contributed by atoms with Gasteiger partial charge in [-0.3, -0.25) is 0 Å². The molecule has 3 atom stereocenters. The second-order valence-electron chi connectivity index (χ2n) is 3.94. The van der Waals surface area contributed by atoms with Gasteiger partial charge in [-0.15, -0.1) is 0 Å². The first kappa shape index (κ1) is 10.2. The third-order valence-corrected chi connectivity index (χ3v) is 2.91. The van der Waals surface area contributed by atoms with Gasteiger partial charge in [-0.1, -0.05) is 12.2 Å². The van der Waals surface area contributed by atoms with Gasteiger partial charge in [-0.2, -0.15) is 0 Å². The number of nitrogens with zero attached hydrogens (tertiary/aromatic N) is 4. The Morgan fingerprint density at radius 3 is 2.71 bits per heavy atom. The van der Waals surface area contributed by atoms with E-state index >= 15 is 0 Å². The Balaban J connectivity index is 2.13. The number of fused-ring (bicyclic) bond motifs is 1. The summed E-state index contributed by atoms with van der Waals surface area (Å²) >= 11 is 0. The SMILES string of the molecule is Nc1ncnc2c1ncn2C1C=CC(O)C1O. The zero-order chi connectivity index (χ0) is 12.0. The lowest BCUT2D eigenvalue weighted by molar-refractivity contribution is 0.0375. The Bertz CT molecular complexity index is 593. The Kier molecular flexibility index (Phi) is 2.10. The van der Waals surface area contributed by atoms with Crippen LogP contribution in [0.3, 0.4) is 0 Å². The fourth-order valence-electron chi connectivity index (χ4n) is 2.00. The van der Waals surface area contributed by atoms with Crippen molar-refractivity contribution in [1.82, 2.24) is 19.5 Å². The smallest absolute Gasteiger partial charge is 0.166 e. The lowest BCUT2D eigenvalue weighted by atomic mass is 10.2. The van der Waals surface area contributed by atoms with Crippen LogP contribution in [-0.2, 0) is 0 Å². The average Bonchev–Trinajstić information content (AvgIpc) is 2.86. The van der Waals surface area contributed by atoms with Crippen LogP contribution >= 0.6 is 0 Å². The number of hydrogen-bond donors (Lipinski definition) is 3. The van der Waals surface area contributed by atoms with Crippen LogP contribution < -0.4 is 5.73 Å². The molecule has 0 bridgehead atoms. The zero-order valence-electron chi connectivity index (χ0n) is 8.80. The van der Waals surface area contributed by atoms with Crippen LogP contribution in [0.2, 0.25) is 0 Å². The highest BCUT2D eigenvalue weighted by atomic mass is 16.3. The molecule has 0 spiro atoms. The molecule has 1 aliphatic carbocycles. The second kappa shape index (κ2) is 3.51. The van der Waals surface area contributed by atoms with Gasteiger partial charge in [-0.25, -0.2) is 15.0 Å². The third-order valence-electron chi connectivity index (χ3n) is 2.91. The molecule has 3 rings (SSSR count). The van der Waals surface area contributed by atoms with Crippen LogP contribution in [0.4, 0.5) is 5.82 Å². The highest BCUT2D eigenvalue weighted by Crippen LogP contribution is 2.27. The van der Waals surface area contributed by atoms with Crippen molar-refractivity contribution in [2.24, 2.45) is 0 Å². The van der Waals surface area contributed by atoms with Crippen molar-refractivity contribution in [3.05, 3.63) is 24.8 Å². The predicted molar refractivity (Wildman–Crippen MR) is 59.9 cm³/mol. The largest absolute Gasteiger partial charge is 0.388 e. The Morgan fingerprint density at radius 1 is 1.18 bits per heavy atom. The summed E-state index contributed by atoms with van der Waals surface area (Å²) in [5.74, 6) is 0.297. The fraction of sp³-hybridized carbons (Fsp3) is 0.300. The summed E-state index contributed by atoms with van der Waals surface area (Å²) in [6.45, 7) is 0. The van der Waals surface area contributed by atoms with Crippen LogP contribution in [0.15, 0.2) is 24.8 Å². The van der Waals surface area contributed by atoms with E-state index < -0.39 is 12.2 Å². The molecule has 2 heterocycles. The van der Waals surface area contributed by atoms with Crippen LogP contribution in [0, 0.1) is 0 Å². The molecule has 7 nitrogen and oxygen atoms in total. The van der Waals surface area contributed by atoms with E-state index in [1.165, 1.54) is 12.7 Å². The number of hydrogen-bond acceptors (Lipinski definition) is 6. The minimum atomic E-state index is -0.899. The fourth-order valence-corrected chi connectivity index (χ4v) is 2.00. The number of anilines is 1. The van der Waals surface area contributed by atoms with E-state index in [2.05, 4.69) is 15.0 Å². The maximum atomic E-state index is 9.82. The Morgan fingerprint density at radius 2 is 2.00 bits per heavy atom. The van der Waals surface area contributed by atoms with Gasteiger partial charge in [0.15, 0.2) is 11.5 Å². The van der Waals surface area contributed by atoms with E-state index in [0.29, 0.717) is 17.0 Å². The van der Waals surface area contributed by atoms with Gasteiger partial charge in [0.25, 0.3) is 0 Å². The van der Waals surface area contributed by atoms with Gasteiger partial charge < -0.3 is 20.5 Å². The minimum absolute atomic E-state index is 0.297. The van der Waals surface area contributed by atoms with Gasteiger partial charge in [0.2, 0.25) is 0 Å². The summed E-state index contributed by atoms with van der Waals surface area (Å²) in [6, 6.07) is -0.385. The number of imidazole rings is 1. The second-order valence-corrected chi connectivity index (χ2v) is 3.94. The highest BCUT2D eigenvalue weighted by molar-refractivity contribution is 5.81. The van der Waals surface area contributed by atoms with Gasteiger partial charge in [0.1, 0.15) is 24.1 Å². The summed E-state index contributed by atoms with van der Waals surface area (Å²) < 4.78 is 1.67. The van der Waals surface area contributed by atoms with Crippen molar-refractivity contribution in [3.63, 3.8) is 0 Å². The standard InChI is InChI=1S/C10H11N5O2/c11-9-7-10(13-3-12-9)15(4-14-7)5-1-2-6(16)8(5)17/h1-6,8,16-17H,(H2,11,12,13). The monoisotopic (exact) mass is 233 g/mol. The van der Waals surface area contributed by atoms with Gasteiger partial charge in [0, 0.05) is 0 Å². The maximum Gasteiger partial charge on any atom is 0.166 e. The van der Waals surface area contributed by atoms with E-state index in [1.54, 1.807) is 16.7 Å². The molecule has 0 saturated carbocycles. The lowest BCUT2D eigenvalue weighted by Crippen LogP contribution is -2.27. The number of rotatable bonds is 1. The molecule has 7 heteroatoms. The predicted octanol–water partition coefficient (Wildman–Crippen LogP) is -0.759. The summed E-state index contributed by atoms with van der Waals surface area (Å²) in [5, 5.41) is 19.3. The molecule has 3 unspecified atom stereocenters. The van der Waals surface area contributed by atoms with Crippen molar-refractivity contribution in [3.8, 4) is 0 Å². The van der Waals surface area contributed by atoms with Gasteiger partial charge in [0.05, 0.1) is 12.4 Å². The molecule has 88 valence electrons. The van der Waals surface area contributed by atoms with Crippen molar-refractivity contribution in [1.29, 1.82) is 0 Å². The molecule has 17 heavy (non-hydrogen) atoms. The molecule has 0 aromatic carbocycles. The van der Waals surface area contributed by atoms with Crippen LogP contribution in [0.5, 0.6) is 0 Å². The molecule has 2 aromatic heterocycles. The van der Waals surface area contributed by atoms with Gasteiger partial charge >= 0.3 is 0 Å². The van der Waals surface area contributed by atoms with Crippen LogP contribution in [0.1, 0.15) is 6.04 Å². The Labute approximate surface area is 96.2 Å². The number of aliphatic hydroxyl groups excluding tert-OH is 2. The summed E-state index contributed by atoms with van der Waals surface area (Å²) in [4.78, 5) is 12.0. The molecule has 4 N–H and O–H groups in total. The van der Waals surface area contributed by atoms with Crippen molar-refractivity contribution < 1.29 is 10.2 Å². The third kappa shape index (κ3) is 1.40. The first-order valence-corrected chi connectivity index (χ1v) is 5.16. The molecule has 0 saturated heterocycles. The minimum Gasteiger partial charge on any atom is -0.388 e. The molecular formula is C10H11N5O2. The van der Waals surface area contributed by atoms with Crippen LogP contribution in [-0.4, -0.2) is 41.9 Å². The van der Waals surface area contributed by atoms with Crippen molar-refractivity contribution >= 4 is 17.0 Å². The number of aromatic nitrogens is 4. The van der Waals surface area contributed by atoms with Crippen molar-refractivity contribution in [2.75, 3.05) is 5.73 Å². The van der Waals surface area contributed by atoms with E-state index in [1.807, 2.05) is 0 Å². The molecule has 0 amide bonds. The quantitative estimate of drug-likeness (QED) is 0.558. The molecule has 2 aromatic rings. The van der Waals surface area contributed by atoms with E-state index in [-0.39, 0.29) is 6.04 Å². The van der Waals surface area contributed by atoms with Crippen molar-refractivity contribution in [2.45, 2.75) is 18.2 Å². The van der Waals surface area contributed by atoms with E-state index in [9.17, 15) is 10.2 Å². The molecule has 0 fully saturated rings. The number of aliphatic hydroxyl groups is 2. The number of nitrogen functional groups attached to an aromatic ring is 1. The van der Waals surface area contributed by atoms with Gasteiger partial charge in [-0.05, 0) is 0 Å². The Hall–Kier alpha value is -1.99. The number of nitrogens with two attached hydrogens (primary N) is 1. The average molecular weight is 233 g/mol. The topological polar surface area (TPSA) is 110 Å². The zero-order valence-corrected chi connectivity index (χ0v) is 8.80. The van der Waals surface area contributed by atoms with E-state index in [4.69, 9.17) is 5.73 Å². The summed E-state index contributed by atoms with van der Waals surface area (Å²) in [6.07, 6.45) is 4.38. The normalized spacial score (nSPS) is 28.0.